The Labute approximate surface area is 127 Å². The van der Waals surface area contributed by atoms with Crippen molar-refractivity contribution in [1.29, 1.82) is 0 Å². The first kappa shape index (κ1) is 14.5. The molecular formula is C15H17FN4O2. The maximum atomic E-state index is 13.5. The van der Waals surface area contributed by atoms with Gasteiger partial charge >= 0.3 is 0 Å². The van der Waals surface area contributed by atoms with Crippen LogP contribution in [0.3, 0.4) is 0 Å². The van der Waals surface area contributed by atoms with E-state index in [0.29, 0.717) is 49.6 Å². The molecule has 0 unspecified atom stereocenters. The molecule has 1 fully saturated rings. The minimum atomic E-state index is -0.410. The molecule has 0 spiro atoms. The number of pyridine rings is 1. The molecule has 2 amide bonds. The van der Waals surface area contributed by atoms with Crippen LogP contribution in [0.1, 0.15) is 23.1 Å². The van der Waals surface area contributed by atoms with Crippen LogP contribution in [-0.2, 0) is 11.2 Å². The third-order valence-electron chi connectivity index (χ3n) is 3.94. The Morgan fingerprint density at radius 2 is 2.05 bits per heavy atom. The molecule has 0 bridgehead atoms. The maximum Gasteiger partial charge on any atom is 0.272 e. The van der Waals surface area contributed by atoms with Gasteiger partial charge in [0, 0.05) is 32.4 Å². The molecule has 1 aliphatic rings. The molecule has 1 saturated heterocycles. The Bertz CT molecular complexity index is 720. The number of amides is 2. The highest BCUT2D eigenvalue weighted by Crippen LogP contribution is 2.17. The van der Waals surface area contributed by atoms with E-state index in [4.69, 9.17) is 0 Å². The van der Waals surface area contributed by atoms with Gasteiger partial charge in [-0.25, -0.2) is 9.37 Å². The van der Waals surface area contributed by atoms with Crippen molar-refractivity contribution in [2.75, 3.05) is 26.2 Å². The van der Waals surface area contributed by atoms with Crippen molar-refractivity contribution in [3.8, 4) is 0 Å². The molecule has 2 aromatic rings. The molecule has 6 nitrogen and oxygen atoms in total. The first-order chi connectivity index (χ1) is 10.6. The Morgan fingerprint density at radius 3 is 2.68 bits per heavy atom. The van der Waals surface area contributed by atoms with E-state index in [1.54, 1.807) is 15.9 Å². The fraction of sp³-hybridized carbons (Fsp3) is 0.400. The molecule has 1 aliphatic heterocycles. The van der Waals surface area contributed by atoms with E-state index < -0.39 is 5.82 Å². The number of piperazine rings is 1. The van der Waals surface area contributed by atoms with Crippen molar-refractivity contribution in [3.63, 3.8) is 0 Å². The molecule has 7 heteroatoms. The Kier molecular flexibility index (Phi) is 3.79. The maximum absolute atomic E-state index is 13.5. The number of halogens is 1. The predicted octanol–water partition coefficient (Wildman–Crippen LogP) is 0.950. The molecule has 0 N–H and O–H groups in total. The number of fused-ring (bicyclic) bond motifs is 1. The largest absolute Gasteiger partial charge is 0.342 e. The number of aromatic nitrogens is 2. The number of hydrogen-bond donors (Lipinski definition) is 0. The average molecular weight is 304 g/mol. The second kappa shape index (κ2) is 5.75. The van der Waals surface area contributed by atoms with Gasteiger partial charge in [-0.3, -0.25) is 14.0 Å². The van der Waals surface area contributed by atoms with Crippen LogP contribution < -0.4 is 0 Å². The fourth-order valence-electron chi connectivity index (χ4n) is 2.72. The first-order valence-electron chi connectivity index (χ1n) is 7.29. The predicted molar refractivity (Wildman–Crippen MR) is 78.1 cm³/mol. The van der Waals surface area contributed by atoms with Gasteiger partial charge in [0.2, 0.25) is 6.41 Å². The van der Waals surface area contributed by atoms with Gasteiger partial charge in [0.15, 0.2) is 0 Å². The standard InChI is InChI=1S/C15H17FN4O2/c1-2-12-14(20-9-11(16)3-4-13(20)17-12)15(22)19-7-5-18(10-21)6-8-19/h3-4,9-10H,2,5-8H2,1H3. The average Bonchev–Trinajstić information content (AvgIpc) is 2.92. The zero-order chi connectivity index (χ0) is 15.7. The number of rotatable bonds is 3. The lowest BCUT2D eigenvalue weighted by atomic mass is 10.2. The molecular weight excluding hydrogens is 287 g/mol. The zero-order valence-electron chi connectivity index (χ0n) is 12.3. The van der Waals surface area contributed by atoms with Gasteiger partial charge in [0.05, 0.1) is 5.69 Å². The number of carbonyl (C=O) groups is 2. The minimum absolute atomic E-state index is 0.166. The second-order valence-corrected chi connectivity index (χ2v) is 5.27. The Hall–Kier alpha value is -2.44. The third-order valence-corrected chi connectivity index (χ3v) is 3.94. The van der Waals surface area contributed by atoms with Crippen LogP contribution in [0.25, 0.3) is 5.65 Å². The van der Waals surface area contributed by atoms with Gasteiger partial charge in [0.25, 0.3) is 5.91 Å². The van der Waals surface area contributed by atoms with Crippen molar-refractivity contribution in [2.24, 2.45) is 0 Å². The van der Waals surface area contributed by atoms with Crippen LogP contribution >= 0.6 is 0 Å². The van der Waals surface area contributed by atoms with Gasteiger partial charge in [0.1, 0.15) is 17.2 Å². The van der Waals surface area contributed by atoms with Gasteiger partial charge in [-0.2, -0.15) is 0 Å². The summed E-state index contributed by atoms with van der Waals surface area (Å²) in [7, 11) is 0. The number of imidazole rings is 1. The molecule has 0 saturated carbocycles. The van der Waals surface area contributed by atoms with Gasteiger partial charge in [-0.05, 0) is 18.6 Å². The number of aryl methyl sites for hydroxylation is 1. The molecule has 0 aliphatic carbocycles. The summed E-state index contributed by atoms with van der Waals surface area (Å²) in [5.74, 6) is -0.576. The zero-order valence-corrected chi connectivity index (χ0v) is 12.3. The number of hydrogen-bond acceptors (Lipinski definition) is 3. The first-order valence-corrected chi connectivity index (χ1v) is 7.29. The van der Waals surface area contributed by atoms with E-state index in [1.807, 2.05) is 6.92 Å². The van der Waals surface area contributed by atoms with Crippen LogP contribution in [0, 0.1) is 5.82 Å². The van der Waals surface area contributed by atoms with E-state index in [1.165, 1.54) is 16.7 Å². The smallest absolute Gasteiger partial charge is 0.272 e. The van der Waals surface area contributed by atoms with Crippen LogP contribution in [0.5, 0.6) is 0 Å². The topological polar surface area (TPSA) is 57.9 Å². The van der Waals surface area contributed by atoms with Gasteiger partial charge in [-0.15, -0.1) is 0 Å². The van der Waals surface area contributed by atoms with Crippen molar-refractivity contribution in [1.82, 2.24) is 19.2 Å². The summed E-state index contributed by atoms with van der Waals surface area (Å²) in [5, 5.41) is 0. The molecule has 0 atom stereocenters. The van der Waals surface area contributed by atoms with E-state index in [-0.39, 0.29) is 5.91 Å². The van der Waals surface area contributed by atoms with Crippen molar-refractivity contribution in [2.45, 2.75) is 13.3 Å². The number of nitrogens with zero attached hydrogens (tertiary/aromatic N) is 4. The van der Waals surface area contributed by atoms with Crippen LogP contribution in [-0.4, -0.2) is 57.7 Å². The molecule has 116 valence electrons. The van der Waals surface area contributed by atoms with E-state index in [9.17, 15) is 14.0 Å². The summed E-state index contributed by atoms with van der Waals surface area (Å²) in [6.45, 7) is 3.90. The normalized spacial score (nSPS) is 15.4. The summed E-state index contributed by atoms with van der Waals surface area (Å²) in [5.41, 5.74) is 1.64. The monoisotopic (exact) mass is 304 g/mol. The minimum Gasteiger partial charge on any atom is -0.342 e. The molecule has 2 aromatic heterocycles. The third kappa shape index (κ3) is 2.43. The van der Waals surface area contributed by atoms with Gasteiger partial charge in [-0.1, -0.05) is 6.92 Å². The fourth-order valence-corrected chi connectivity index (χ4v) is 2.72. The lowest BCUT2D eigenvalue weighted by Gasteiger charge is -2.32. The van der Waals surface area contributed by atoms with Crippen molar-refractivity contribution < 1.29 is 14.0 Å². The summed E-state index contributed by atoms with van der Waals surface area (Å²) >= 11 is 0. The SMILES string of the molecule is CCc1nc2ccc(F)cn2c1C(=O)N1CCN(C=O)CC1. The molecule has 22 heavy (non-hydrogen) atoms. The molecule has 0 radical (unpaired) electrons. The Morgan fingerprint density at radius 1 is 1.32 bits per heavy atom. The highest BCUT2D eigenvalue weighted by Gasteiger charge is 2.26. The summed E-state index contributed by atoms with van der Waals surface area (Å²) in [6.07, 6.45) is 2.68. The van der Waals surface area contributed by atoms with Crippen molar-refractivity contribution >= 4 is 18.0 Å². The highest BCUT2D eigenvalue weighted by atomic mass is 19.1. The highest BCUT2D eigenvalue weighted by molar-refractivity contribution is 5.95. The summed E-state index contributed by atoms with van der Waals surface area (Å²) in [6, 6.07) is 2.90. The molecule has 0 aromatic carbocycles. The molecule has 3 rings (SSSR count). The summed E-state index contributed by atoms with van der Waals surface area (Å²) < 4.78 is 15.0. The quantitative estimate of drug-likeness (QED) is 0.793. The van der Waals surface area contributed by atoms with E-state index in [2.05, 4.69) is 4.98 Å². The van der Waals surface area contributed by atoms with E-state index in [0.717, 1.165) is 6.41 Å². The molecule has 3 heterocycles. The van der Waals surface area contributed by atoms with E-state index >= 15 is 0 Å². The van der Waals surface area contributed by atoms with Crippen LogP contribution in [0.4, 0.5) is 4.39 Å². The summed E-state index contributed by atoms with van der Waals surface area (Å²) in [4.78, 5) is 31.3. The van der Waals surface area contributed by atoms with Crippen molar-refractivity contribution in [3.05, 3.63) is 35.5 Å². The van der Waals surface area contributed by atoms with Crippen LogP contribution in [0.15, 0.2) is 18.3 Å². The lowest BCUT2D eigenvalue weighted by molar-refractivity contribution is -0.119. The van der Waals surface area contributed by atoms with Gasteiger partial charge < -0.3 is 9.80 Å². The second-order valence-electron chi connectivity index (χ2n) is 5.27. The lowest BCUT2D eigenvalue weighted by Crippen LogP contribution is -2.48. The number of carbonyl (C=O) groups excluding carboxylic acids is 2. The Balaban J connectivity index is 1.96. The van der Waals surface area contributed by atoms with Crippen LogP contribution in [0.2, 0.25) is 0 Å².